The van der Waals surface area contributed by atoms with E-state index in [-0.39, 0.29) is 35.9 Å². The minimum Gasteiger partial charge on any atom is -0.481 e. The number of hydrogen-bond donors (Lipinski definition) is 2. The van der Waals surface area contributed by atoms with Crippen LogP contribution < -0.4 is 5.32 Å². The van der Waals surface area contributed by atoms with E-state index in [1.807, 2.05) is 0 Å². The topological polar surface area (TPSA) is 66.4 Å². The molecule has 0 heterocycles. The molecule has 0 aromatic carbocycles. The first-order valence-electron chi connectivity index (χ1n) is 6.01. The van der Waals surface area contributed by atoms with Gasteiger partial charge in [-0.2, -0.15) is 13.2 Å². The van der Waals surface area contributed by atoms with Crippen LogP contribution >= 0.6 is 11.8 Å². The first-order chi connectivity index (χ1) is 8.79. The predicted molar refractivity (Wildman–Crippen MR) is 64.6 cm³/mol. The van der Waals surface area contributed by atoms with Crippen molar-refractivity contribution in [1.29, 1.82) is 0 Å². The van der Waals surface area contributed by atoms with Crippen LogP contribution in [0.4, 0.5) is 13.2 Å². The van der Waals surface area contributed by atoms with Gasteiger partial charge in [0.05, 0.1) is 5.92 Å². The number of hydrogen-bond acceptors (Lipinski definition) is 3. The average molecular weight is 299 g/mol. The van der Waals surface area contributed by atoms with Crippen molar-refractivity contribution >= 4 is 23.6 Å². The van der Waals surface area contributed by atoms with Gasteiger partial charge in [0.2, 0.25) is 5.91 Å². The molecule has 0 unspecified atom stereocenters. The number of aliphatic carboxylic acids is 1. The summed E-state index contributed by atoms with van der Waals surface area (Å²) in [6, 6.07) is 0. The Balaban J connectivity index is 2.19. The third kappa shape index (κ3) is 6.17. The Morgan fingerprint density at radius 1 is 1.16 bits per heavy atom. The van der Waals surface area contributed by atoms with E-state index >= 15 is 0 Å². The predicted octanol–water partition coefficient (Wildman–Crippen LogP) is 2.25. The molecule has 2 N–H and O–H groups in total. The van der Waals surface area contributed by atoms with E-state index in [4.69, 9.17) is 5.11 Å². The molecule has 1 aliphatic carbocycles. The van der Waals surface area contributed by atoms with E-state index < -0.39 is 17.4 Å². The van der Waals surface area contributed by atoms with Gasteiger partial charge >= 0.3 is 11.5 Å². The molecule has 19 heavy (non-hydrogen) atoms. The first-order valence-corrected chi connectivity index (χ1v) is 6.99. The lowest BCUT2D eigenvalue weighted by molar-refractivity contribution is -0.144. The van der Waals surface area contributed by atoms with Crippen LogP contribution in [0.25, 0.3) is 0 Å². The molecule has 0 bridgehead atoms. The molecule has 8 heteroatoms. The van der Waals surface area contributed by atoms with Crippen LogP contribution in [-0.4, -0.2) is 34.8 Å². The van der Waals surface area contributed by atoms with Gasteiger partial charge in [-0.3, -0.25) is 9.59 Å². The zero-order valence-corrected chi connectivity index (χ0v) is 11.0. The molecule has 0 atom stereocenters. The number of carboxylic acids is 1. The van der Waals surface area contributed by atoms with Gasteiger partial charge in [-0.25, -0.2) is 0 Å². The van der Waals surface area contributed by atoms with Crippen molar-refractivity contribution in [3.8, 4) is 0 Å². The number of carbonyl (C=O) groups is 2. The van der Waals surface area contributed by atoms with Crippen molar-refractivity contribution in [3.63, 3.8) is 0 Å². The fourth-order valence-electron chi connectivity index (χ4n) is 2.09. The van der Waals surface area contributed by atoms with E-state index in [1.165, 1.54) is 0 Å². The molecule has 0 aromatic rings. The van der Waals surface area contributed by atoms with Crippen LogP contribution in [0, 0.1) is 11.8 Å². The molecule has 0 saturated heterocycles. The molecule has 1 amide bonds. The molecule has 0 radical (unpaired) electrons. The first kappa shape index (κ1) is 16.1. The summed E-state index contributed by atoms with van der Waals surface area (Å²) >= 11 is -0.166. The van der Waals surface area contributed by atoms with E-state index in [1.54, 1.807) is 0 Å². The molecule has 0 spiro atoms. The summed E-state index contributed by atoms with van der Waals surface area (Å²) in [4.78, 5) is 22.4. The van der Waals surface area contributed by atoms with Gasteiger partial charge in [-0.1, -0.05) is 0 Å². The molecule has 0 aliphatic heterocycles. The van der Waals surface area contributed by atoms with Gasteiger partial charge < -0.3 is 10.4 Å². The molecule has 110 valence electrons. The standard InChI is InChI=1S/C11H16F3NO3S/c12-11(13,14)19-6-5-15-9(16)7-1-3-8(4-2-7)10(17)18/h7-8H,1-6H2,(H,15,16)(H,17,18). The summed E-state index contributed by atoms with van der Waals surface area (Å²) in [5, 5.41) is 11.3. The molecular weight excluding hydrogens is 283 g/mol. The molecule has 1 fully saturated rings. The molecule has 0 aromatic heterocycles. The summed E-state index contributed by atoms with van der Waals surface area (Å²) in [6.07, 6.45) is 1.86. The van der Waals surface area contributed by atoms with E-state index in [9.17, 15) is 22.8 Å². The highest BCUT2D eigenvalue weighted by Crippen LogP contribution is 2.30. The minimum absolute atomic E-state index is 0.0259. The van der Waals surface area contributed by atoms with Crippen molar-refractivity contribution in [2.45, 2.75) is 31.2 Å². The third-order valence-corrected chi connectivity index (χ3v) is 3.85. The second kappa shape index (κ2) is 7.02. The van der Waals surface area contributed by atoms with Crippen LogP contribution in [0.5, 0.6) is 0 Å². The second-order valence-electron chi connectivity index (χ2n) is 4.47. The summed E-state index contributed by atoms with van der Waals surface area (Å²) in [7, 11) is 0. The summed E-state index contributed by atoms with van der Waals surface area (Å²) < 4.78 is 35.5. The maximum Gasteiger partial charge on any atom is 0.441 e. The normalized spacial score (nSPS) is 23.9. The highest BCUT2D eigenvalue weighted by Gasteiger charge is 2.30. The SMILES string of the molecule is O=C(O)C1CCC(C(=O)NCCSC(F)(F)F)CC1. The second-order valence-corrected chi connectivity index (χ2v) is 5.63. The average Bonchev–Trinajstić information content (AvgIpc) is 2.33. The molecule has 1 saturated carbocycles. The Morgan fingerprint density at radius 2 is 1.68 bits per heavy atom. The lowest BCUT2D eigenvalue weighted by atomic mass is 9.81. The Morgan fingerprint density at radius 3 is 2.16 bits per heavy atom. The van der Waals surface area contributed by atoms with Crippen LogP contribution in [0.2, 0.25) is 0 Å². The van der Waals surface area contributed by atoms with Crippen molar-refractivity contribution in [2.24, 2.45) is 11.8 Å². The number of rotatable bonds is 5. The quantitative estimate of drug-likeness (QED) is 0.764. The van der Waals surface area contributed by atoms with Gasteiger partial charge in [0.1, 0.15) is 0 Å². The largest absolute Gasteiger partial charge is 0.481 e. The maximum absolute atomic E-state index is 11.8. The van der Waals surface area contributed by atoms with Crippen LogP contribution in [0.15, 0.2) is 0 Å². The zero-order chi connectivity index (χ0) is 14.5. The van der Waals surface area contributed by atoms with Crippen molar-refractivity contribution in [1.82, 2.24) is 5.32 Å². The van der Waals surface area contributed by atoms with Gasteiger partial charge in [0.15, 0.2) is 0 Å². The fraction of sp³-hybridized carbons (Fsp3) is 0.818. The molecule has 1 rings (SSSR count). The van der Waals surface area contributed by atoms with Crippen molar-refractivity contribution in [3.05, 3.63) is 0 Å². The number of amides is 1. The molecule has 4 nitrogen and oxygen atoms in total. The monoisotopic (exact) mass is 299 g/mol. The van der Waals surface area contributed by atoms with Crippen LogP contribution in [-0.2, 0) is 9.59 Å². The highest BCUT2D eigenvalue weighted by molar-refractivity contribution is 8.00. The van der Waals surface area contributed by atoms with Crippen molar-refractivity contribution < 1.29 is 27.9 Å². The maximum atomic E-state index is 11.8. The number of alkyl halides is 3. The Bertz CT molecular complexity index is 328. The van der Waals surface area contributed by atoms with Gasteiger partial charge in [0, 0.05) is 18.2 Å². The third-order valence-electron chi connectivity index (χ3n) is 3.11. The molecular formula is C11H16F3NO3S. The van der Waals surface area contributed by atoms with E-state index in [0.29, 0.717) is 25.7 Å². The fourth-order valence-corrected chi connectivity index (χ4v) is 2.52. The highest BCUT2D eigenvalue weighted by atomic mass is 32.2. The van der Waals surface area contributed by atoms with E-state index in [0.717, 1.165) is 0 Å². The van der Waals surface area contributed by atoms with Crippen molar-refractivity contribution in [2.75, 3.05) is 12.3 Å². The Hall–Kier alpha value is -0.920. The lowest BCUT2D eigenvalue weighted by Crippen LogP contribution is -2.35. The minimum atomic E-state index is -4.27. The number of halogens is 3. The van der Waals surface area contributed by atoms with Gasteiger partial charge in [-0.15, -0.1) is 0 Å². The summed E-state index contributed by atoms with van der Waals surface area (Å²) in [6.45, 7) is -0.0259. The zero-order valence-electron chi connectivity index (χ0n) is 10.2. The smallest absolute Gasteiger partial charge is 0.441 e. The number of thioether (sulfide) groups is 1. The summed E-state index contributed by atoms with van der Waals surface area (Å²) in [5.41, 5.74) is -4.27. The number of carboxylic acid groups (broad SMARTS) is 1. The van der Waals surface area contributed by atoms with Gasteiger partial charge in [-0.05, 0) is 37.4 Å². The van der Waals surface area contributed by atoms with Crippen LogP contribution in [0.3, 0.4) is 0 Å². The number of carbonyl (C=O) groups excluding carboxylic acids is 1. The Kier molecular flexibility index (Phi) is 5.96. The number of nitrogens with one attached hydrogen (secondary N) is 1. The summed E-state index contributed by atoms with van der Waals surface area (Å²) in [5.74, 6) is -2.00. The lowest BCUT2D eigenvalue weighted by Gasteiger charge is -2.25. The molecule has 1 aliphatic rings. The van der Waals surface area contributed by atoms with E-state index in [2.05, 4.69) is 5.32 Å². The Labute approximate surface area is 113 Å². The van der Waals surface area contributed by atoms with Gasteiger partial charge in [0.25, 0.3) is 0 Å². The van der Waals surface area contributed by atoms with Crippen LogP contribution in [0.1, 0.15) is 25.7 Å².